The summed E-state index contributed by atoms with van der Waals surface area (Å²) in [6, 6.07) is 13.4. The molecule has 0 spiro atoms. The van der Waals surface area contributed by atoms with E-state index in [-0.39, 0.29) is 0 Å². The number of para-hydroxylation sites is 1. The van der Waals surface area contributed by atoms with E-state index in [0.29, 0.717) is 33.7 Å². The van der Waals surface area contributed by atoms with Gasteiger partial charge >= 0.3 is 0 Å². The number of hydrogen-bond acceptors (Lipinski definition) is 3. The van der Waals surface area contributed by atoms with Crippen LogP contribution in [0.1, 0.15) is 11.5 Å². The minimum atomic E-state index is 0.477. The number of nitrogens with one attached hydrogen (secondary N) is 1. The van der Waals surface area contributed by atoms with Crippen LogP contribution in [-0.2, 0) is 12.8 Å². The van der Waals surface area contributed by atoms with Crippen LogP contribution < -0.4 is 0 Å². The Bertz CT molecular complexity index is 1010. The number of benzene rings is 2. The molecule has 0 aliphatic rings. The number of aromatic amines is 1. The highest BCUT2D eigenvalue weighted by Crippen LogP contribution is 2.28. The minimum Gasteiger partial charge on any atom is -0.361 e. The van der Waals surface area contributed by atoms with Crippen LogP contribution >= 0.6 is 23.2 Å². The van der Waals surface area contributed by atoms with Crippen LogP contribution in [-0.4, -0.2) is 15.1 Å². The van der Waals surface area contributed by atoms with Crippen LogP contribution in [0.3, 0.4) is 0 Å². The quantitative estimate of drug-likeness (QED) is 0.538. The fourth-order valence-corrected chi connectivity index (χ4v) is 3.21. The van der Waals surface area contributed by atoms with Gasteiger partial charge in [0.05, 0.1) is 5.02 Å². The molecule has 0 bridgehead atoms. The Balaban J connectivity index is 1.53. The maximum atomic E-state index is 6.19. The lowest BCUT2D eigenvalue weighted by molar-refractivity contribution is 0.379. The average molecular weight is 358 g/mol. The standard InChI is InChI=1S/C18H13Cl2N3O/c19-12-6-7-14(15(20)9-12)18-22-17(24-23-18)8-5-11-10-21-16-4-2-1-3-13(11)16/h1-4,6-7,9-10,21H,5,8H2. The van der Waals surface area contributed by atoms with Gasteiger partial charge in [0, 0.05) is 34.1 Å². The topological polar surface area (TPSA) is 54.7 Å². The van der Waals surface area contributed by atoms with Crippen LogP contribution in [0, 0.1) is 0 Å². The number of hydrogen-bond donors (Lipinski definition) is 1. The van der Waals surface area contributed by atoms with Crippen molar-refractivity contribution in [2.24, 2.45) is 0 Å². The van der Waals surface area contributed by atoms with Crippen molar-refractivity contribution >= 4 is 34.1 Å². The molecule has 0 amide bonds. The van der Waals surface area contributed by atoms with Gasteiger partial charge in [-0.3, -0.25) is 0 Å². The number of fused-ring (bicyclic) bond motifs is 1. The van der Waals surface area contributed by atoms with Crippen molar-refractivity contribution in [1.29, 1.82) is 0 Å². The smallest absolute Gasteiger partial charge is 0.227 e. The molecule has 2 aromatic heterocycles. The van der Waals surface area contributed by atoms with Crippen molar-refractivity contribution in [3.63, 3.8) is 0 Å². The Labute approximate surface area is 148 Å². The lowest BCUT2D eigenvalue weighted by Crippen LogP contribution is -1.91. The van der Waals surface area contributed by atoms with E-state index in [1.54, 1.807) is 18.2 Å². The van der Waals surface area contributed by atoms with Gasteiger partial charge in [0.25, 0.3) is 0 Å². The number of aryl methyl sites for hydroxylation is 2. The Morgan fingerprint density at radius 3 is 2.79 bits per heavy atom. The lowest BCUT2D eigenvalue weighted by Gasteiger charge is -1.98. The maximum Gasteiger partial charge on any atom is 0.227 e. The van der Waals surface area contributed by atoms with Gasteiger partial charge in [-0.25, -0.2) is 0 Å². The molecule has 0 aliphatic carbocycles. The van der Waals surface area contributed by atoms with Crippen molar-refractivity contribution in [1.82, 2.24) is 15.1 Å². The van der Waals surface area contributed by atoms with Crippen LogP contribution in [0.5, 0.6) is 0 Å². The average Bonchev–Trinajstić information content (AvgIpc) is 3.20. The summed E-state index contributed by atoms with van der Waals surface area (Å²) < 4.78 is 5.35. The number of nitrogens with zero attached hydrogens (tertiary/aromatic N) is 2. The second-order valence-electron chi connectivity index (χ2n) is 5.50. The first kappa shape index (κ1) is 15.2. The summed E-state index contributed by atoms with van der Waals surface area (Å²) >= 11 is 12.1. The molecule has 120 valence electrons. The van der Waals surface area contributed by atoms with Crippen molar-refractivity contribution in [3.05, 3.63) is 70.2 Å². The molecule has 24 heavy (non-hydrogen) atoms. The van der Waals surface area contributed by atoms with Crippen molar-refractivity contribution in [3.8, 4) is 11.4 Å². The summed E-state index contributed by atoms with van der Waals surface area (Å²) in [7, 11) is 0. The predicted octanol–water partition coefficient (Wildman–Crippen LogP) is 5.31. The molecule has 4 nitrogen and oxygen atoms in total. The van der Waals surface area contributed by atoms with Crippen LogP contribution in [0.25, 0.3) is 22.3 Å². The number of aromatic nitrogens is 3. The van der Waals surface area contributed by atoms with E-state index in [2.05, 4.69) is 27.3 Å². The van der Waals surface area contributed by atoms with Crippen LogP contribution in [0.4, 0.5) is 0 Å². The summed E-state index contributed by atoms with van der Waals surface area (Å²) in [6.45, 7) is 0. The molecule has 0 saturated heterocycles. The third-order valence-electron chi connectivity index (χ3n) is 3.92. The first-order valence-corrected chi connectivity index (χ1v) is 8.29. The Hall–Kier alpha value is -2.30. The van der Waals surface area contributed by atoms with E-state index < -0.39 is 0 Å². The number of H-pyrrole nitrogens is 1. The largest absolute Gasteiger partial charge is 0.361 e. The zero-order valence-electron chi connectivity index (χ0n) is 12.6. The first-order chi connectivity index (χ1) is 11.7. The van der Waals surface area contributed by atoms with Gasteiger partial charge in [0.2, 0.25) is 11.7 Å². The normalized spacial score (nSPS) is 11.2. The highest BCUT2D eigenvalue weighted by molar-refractivity contribution is 6.36. The van der Waals surface area contributed by atoms with Crippen molar-refractivity contribution < 1.29 is 4.52 Å². The Morgan fingerprint density at radius 2 is 1.92 bits per heavy atom. The Kier molecular flexibility index (Phi) is 4.00. The predicted molar refractivity (Wildman–Crippen MR) is 95.5 cm³/mol. The van der Waals surface area contributed by atoms with Gasteiger partial charge in [-0.05, 0) is 36.2 Å². The summed E-state index contributed by atoms with van der Waals surface area (Å²) in [5.74, 6) is 1.06. The fourth-order valence-electron chi connectivity index (χ4n) is 2.72. The minimum absolute atomic E-state index is 0.477. The molecule has 4 rings (SSSR count). The summed E-state index contributed by atoms with van der Waals surface area (Å²) in [5.41, 5.74) is 3.07. The second kappa shape index (κ2) is 6.30. The molecule has 2 heterocycles. The molecule has 4 aromatic rings. The molecule has 0 aliphatic heterocycles. The first-order valence-electron chi connectivity index (χ1n) is 7.54. The fraction of sp³-hybridized carbons (Fsp3) is 0.111. The molecule has 0 saturated carbocycles. The van der Waals surface area contributed by atoms with E-state index in [9.17, 15) is 0 Å². The molecular formula is C18H13Cl2N3O. The van der Waals surface area contributed by atoms with Crippen molar-refractivity contribution in [2.45, 2.75) is 12.8 Å². The molecule has 2 aromatic carbocycles. The number of halogens is 2. The number of rotatable bonds is 4. The van der Waals surface area contributed by atoms with E-state index in [4.69, 9.17) is 27.7 Å². The third-order valence-corrected chi connectivity index (χ3v) is 4.47. The van der Waals surface area contributed by atoms with Gasteiger partial charge in [-0.15, -0.1) is 0 Å². The van der Waals surface area contributed by atoms with Gasteiger partial charge in [0.1, 0.15) is 0 Å². The molecular weight excluding hydrogens is 345 g/mol. The zero-order chi connectivity index (χ0) is 16.5. The van der Waals surface area contributed by atoms with Gasteiger partial charge < -0.3 is 9.51 Å². The molecule has 0 radical (unpaired) electrons. The molecule has 0 unspecified atom stereocenters. The molecule has 6 heteroatoms. The third kappa shape index (κ3) is 2.90. The second-order valence-corrected chi connectivity index (χ2v) is 6.34. The molecule has 0 atom stereocenters. The maximum absolute atomic E-state index is 6.19. The van der Waals surface area contributed by atoms with E-state index in [0.717, 1.165) is 11.9 Å². The monoisotopic (exact) mass is 357 g/mol. The summed E-state index contributed by atoms with van der Waals surface area (Å²) in [4.78, 5) is 7.71. The van der Waals surface area contributed by atoms with E-state index in [1.165, 1.54) is 10.9 Å². The van der Waals surface area contributed by atoms with E-state index >= 15 is 0 Å². The van der Waals surface area contributed by atoms with Crippen molar-refractivity contribution in [2.75, 3.05) is 0 Å². The summed E-state index contributed by atoms with van der Waals surface area (Å²) in [5, 5.41) is 6.32. The molecule has 1 N–H and O–H groups in total. The lowest BCUT2D eigenvalue weighted by atomic mass is 10.1. The summed E-state index contributed by atoms with van der Waals surface area (Å²) in [6.07, 6.45) is 3.51. The highest BCUT2D eigenvalue weighted by Gasteiger charge is 2.13. The van der Waals surface area contributed by atoms with Crippen LogP contribution in [0.15, 0.2) is 53.2 Å². The van der Waals surface area contributed by atoms with Gasteiger partial charge in [-0.1, -0.05) is 46.6 Å². The van der Waals surface area contributed by atoms with Gasteiger partial charge in [-0.2, -0.15) is 4.98 Å². The Morgan fingerprint density at radius 1 is 1.04 bits per heavy atom. The van der Waals surface area contributed by atoms with Crippen LogP contribution in [0.2, 0.25) is 10.0 Å². The van der Waals surface area contributed by atoms with Gasteiger partial charge in [0.15, 0.2) is 0 Å². The SMILES string of the molecule is Clc1ccc(-c2noc(CCc3c[nH]c4ccccc34)n2)c(Cl)c1. The zero-order valence-corrected chi connectivity index (χ0v) is 14.1. The van der Waals surface area contributed by atoms with E-state index in [1.807, 2.05) is 18.3 Å². The highest BCUT2D eigenvalue weighted by atomic mass is 35.5. The molecule has 0 fully saturated rings.